The molecule has 0 aliphatic carbocycles. The Morgan fingerprint density at radius 1 is 1.07 bits per heavy atom. The second-order valence-corrected chi connectivity index (χ2v) is 6.49. The van der Waals surface area contributed by atoms with Crippen molar-refractivity contribution in [1.82, 2.24) is 0 Å². The van der Waals surface area contributed by atoms with Crippen molar-refractivity contribution < 1.29 is 33.6 Å². The molecule has 1 saturated heterocycles. The summed E-state index contributed by atoms with van der Waals surface area (Å²) in [6, 6.07) is 0. The summed E-state index contributed by atoms with van der Waals surface area (Å²) in [5.41, 5.74) is 0. The van der Waals surface area contributed by atoms with Crippen LogP contribution in [0.25, 0.3) is 0 Å². The van der Waals surface area contributed by atoms with Gasteiger partial charge in [-0.15, -0.1) is 3.63 Å². The molecule has 0 spiro atoms. The normalized spacial score (nSPS) is 35.7. The van der Waals surface area contributed by atoms with Gasteiger partial charge >= 0.3 is 6.18 Å². The van der Waals surface area contributed by atoms with E-state index in [1.54, 1.807) is 0 Å². The fraction of sp³-hybridized carbons (Fsp3) is 1.00. The molecule has 0 aromatic rings. The predicted octanol–water partition coefficient (Wildman–Crippen LogP) is -0.00440. The number of alkyl halides is 3. The summed E-state index contributed by atoms with van der Waals surface area (Å²) >= 11 is 0. The lowest BCUT2D eigenvalue weighted by Crippen LogP contribution is -2.40. The highest BCUT2D eigenvalue weighted by Crippen LogP contribution is 2.38. The Morgan fingerprint density at radius 2 is 1.50 bits per heavy atom. The predicted molar refractivity (Wildman–Crippen MR) is 38.2 cm³/mol. The van der Waals surface area contributed by atoms with Crippen molar-refractivity contribution in [3.63, 3.8) is 0 Å². The number of rotatable bonds is 0. The van der Waals surface area contributed by atoms with Gasteiger partial charge in [0.15, 0.2) is 0 Å². The Morgan fingerprint density at radius 3 is 1.64 bits per heavy atom. The van der Waals surface area contributed by atoms with Crippen molar-refractivity contribution in [1.29, 1.82) is 0 Å². The van der Waals surface area contributed by atoms with Crippen LogP contribution in [0, 0.1) is 0 Å². The highest BCUT2D eigenvalue weighted by Gasteiger charge is 2.63. The Labute approximate surface area is 78.1 Å². The minimum absolute atomic E-state index is 0.637. The lowest BCUT2D eigenvalue weighted by molar-refractivity contribution is -0.129. The highest BCUT2D eigenvalue weighted by molar-refractivity contribution is 8.04. The van der Waals surface area contributed by atoms with Crippen LogP contribution in [-0.2, 0) is 23.9 Å². The molecule has 0 aromatic heterocycles. The van der Waals surface area contributed by atoms with Crippen molar-refractivity contribution in [2.24, 2.45) is 0 Å². The molecular formula is C4H5F3O5S2. The second-order valence-electron chi connectivity index (χ2n) is 2.72. The molecule has 0 bridgehead atoms. The average molecular weight is 254 g/mol. The molecule has 1 heterocycles. The lowest BCUT2D eigenvalue weighted by Gasteiger charge is -2.13. The summed E-state index contributed by atoms with van der Waals surface area (Å²) in [4.78, 5) is 0. The maximum atomic E-state index is 12.1. The maximum absolute atomic E-state index is 12.1. The monoisotopic (exact) mass is 254 g/mol. The topological polar surface area (TPSA) is 77.5 Å². The minimum atomic E-state index is -5.15. The van der Waals surface area contributed by atoms with Gasteiger partial charge in [0.25, 0.3) is 20.2 Å². The van der Waals surface area contributed by atoms with Gasteiger partial charge in [-0.3, -0.25) is 0 Å². The molecular weight excluding hydrogens is 249 g/mol. The van der Waals surface area contributed by atoms with Crippen LogP contribution in [0.1, 0.15) is 6.92 Å². The van der Waals surface area contributed by atoms with E-state index in [9.17, 15) is 30.0 Å². The first-order valence-electron chi connectivity index (χ1n) is 3.24. The summed E-state index contributed by atoms with van der Waals surface area (Å²) in [5.74, 6) is 0. The Kier molecular flexibility index (Phi) is 2.37. The summed E-state index contributed by atoms with van der Waals surface area (Å²) in [6.07, 6.45) is -5.15. The van der Waals surface area contributed by atoms with Crippen molar-refractivity contribution in [3.8, 4) is 0 Å². The molecule has 5 nitrogen and oxygen atoms in total. The van der Waals surface area contributed by atoms with Crippen LogP contribution in [0.3, 0.4) is 0 Å². The van der Waals surface area contributed by atoms with Crippen molar-refractivity contribution in [3.05, 3.63) is 0 Å². The third-order valence-corrected chi connectivity index (χ3v) is 5.88. The summed E-state index contributed by atoms with van der Waals surface area (Å²) in [6.45, 7) is 0.637. The van der Waals surface area contributed by atoms with Crippen molar-refractivity contribution >= 4 is 20.2 Å². The van der Waals surface area contributed by atoms with Gasteiger partial charge in [0.05, 0.1) is 0 Å². The zero-order valence-corrected chi connectivity index (χ0v) is 8.28. The molecule has 2 atom stereocenters. The molecule has 0 saturated carbocycles. The van der Waals surface area contributed by atoms with E-state index in [1.165, 1.54) is 0 Å². The van der Waals surface area contributed by atoms with Gasteiger partial charge in [0, 0.05) is 0 Å². The molecule has 0 aromatic carbocycles. The zero-order chi connectivity index (χ0) is 11.4. The third-order valence-electron chi connectivity index (χ3n) is 1.70. The Balaban J connectivity index is 3.34. The van der Waals surface area contributed by atoms with E-state index in [0.717, 1.165) is 0 Å². The van der Waals surface area contributed by atoms with Crippen LogP contribution in [0.4, 0.5) is 13.2 Å². The molecule has 1 fully saturated rings. The van der Waals surface area contributed by atoms with E-state index in [4.69, 9.17) is 0 Å². The molecule has 10 heteroatoms. The van der Waals surface area contributed by atoms with Gasteiger partial charge in [0.1, 0.15) is 5.25 Å². The van der Waals surface area contributed by atoms with Crippen molar-refractivity contribution in [2.45, 2.75) is 23.6 Å². The van der Waals surface area contributed by atoms with E-state index >= 15 is 0 Å². The van der Waals surface area contributed by atoms with E-state index < -0.39 is 36.9 Å². The lowest BCUT2D eigenvalue weighted by atomic mass is 10.3. The average Bonchev–Trinajstić information content (AvgIpc) is 1.93. The van der Waals surface area contributed by atoms with Crippen LogP contribution >= 0.6 is 0 Å². The van der Waals surface area contributed by atoms with Gasteiger partial charge in [-0.25, -0.2) is 0 Å². The Hall–Kier alpha value is -0.350. The van der Waals surface area contributed by atoms with Crippen LogP contribution in [0.15, 0.2) is 0 Å². The van der Waals surface area contributed by atoms with Crippen LogP contribution in [-0.4, -0.2) is 33.5 Å². The zero-order valence-electron chi connectivity index (χ0n) is 6.65. The molecule has 0 N–H and O–H groups in total. The molecule has 1 rings (SSSR count). The highest BCUT2D eigenvalue weighted by atomic mass is 32.3. The van der Waals surface area contributed by atoms with E-state index in [-0.39, 0.29) is 0 Å². The SMILES string of the molecule is CC1C(C(F)(F)F)S(=O)(=O)OS1(=O)=O. The number of halogens is 3. The fourth-order valence-corrected chi connectivity index (χ4v) is 5.01. The molecule has 0 radical (unpaired) electrons. The minimum Gasteiger partial charge on any atom is -0.198 e. The first kappa shape index (κ1) is 11.7. The fourth-order valence-electron chi connectivity index (χ4n) is 1.05. The first-order chi connectivity index (χ1) is 5.98. The van der Waals surface area contributed by atoms with Crippen molar-refractivity contribution in [2.75, 3.05) is 0 Å². The van der Waals surface area contributed by atoms with Crippen LogP contribution in [0.5, 0.6) is 0 Å². The maximum Gasteiger partial charge on any atom is 0.409 e. The molecule has 14 heavy (non-hydrogen) atoms. The van der Waals surface area contributed by atoms with Gasteiger partial charge in [-0.05, 0) is 6.92 Å². The number of hydrogen-bond donors (Lipinski definition) is 0. The van der Waals surface area contributed by atoms with Gasteiger partial charge < -0.3 is 0 Å². The smallest absolute Gasteiger partial charge is 0.198 e. The third kappa shape index (κ3) is 1.73. The molecule has 0 amide bonds. The summed E-state index contributed by atoms with van der Waals surface area (Å²) in [5, 5.41) is -5.13. The van der Waals surface area contributed by atoms with E-state index in [2.05, 4.69) is 3.63 Å². The summed E-state index contributed by atoms with van der Waals surface area (Å²) < 4.78 is 82.7. The van der Waals surface area contributed by atoms with E-state index in [0.29, 0.717) is 6.92 Å². The molecule has 2 unspecified atom stereocenters. The largest absolute Gasteiger partial charge is 0.409 e. The van der Waals surface area contributed by atoms with Gasteiger partial charge in [0.2, 0.25) is 5.25 Å². The quantitative estimate of drug-likeness (QED) is 0.608. The molecule has 84 valence electrons. The van der Waals surface area contributed by atoms with Gasteiger partial charge in [-0.2, -0.15) is 30.0 Å². The van der Waals surface area contributed by atoms with E-state index in [1.807, 2.05) is 0 Å². The second kappa shape index (κ2) is 2.83. The summed E-state index contributed by atoms with van der Waals surface area (Å²) in [7, 11) is -9.79. The Bertz CT molecular complexity index is 432. The standard InChI is InChI=1S/C4H5F3O5S2/c1-2-3(4(5,6)7)14(10,11)12-13(2,8)9/h2-3H,1H3. The van der Waals surface area contributed by atoms with Crippen LogP contribution < -0.4 is 0 Å². The molecule has 1 aliphatic heterocycles. The van der Waals surface area contributed by atoms with Crippen LogP contribution in [0.2, 0.25) is 0 Å². The first-order valence-corrected chi connectivity index (χ1v) is 6.18. The molecule has 1 aliphatic rings. The number of hydrogen-bond acceptors (Lipinski definition) is 5. The van der Waals surface area contributed by atoms with Gasteiger partial charge in [-0.1, -0.05) is 0 Å².